The van der Waals surface area contributed by atoms with E-state index in [1.807, 2.05) is 0 Å². The third-order valence-electron chi connectivity index (χ3n) is 3.64. The topological polar surface area (TPSA) is 78.0 Å². The summed E-state index contributed by atoms with van der Waals surface area (Å²) in [6.07, 6.45) is 1.18. The van der Waals surface area contributed by atoms with E-state index in [0.29, 0.717) is 24.1 Å². The van der Waals surface area contributed by atoms with E-state index in [1.54, 1.807) is 24.5 Å². The van der Waals surface area contributed by atoms with Crippen molar-refractivity contribution in [3.8, 4) is 0 Å². The summed E-state index contributed by atoms with van der Waals surface area (Å²) in [4.78, 5) is 19.1. The van der Waals surface area contributed by atoms with Gasteiger partial charge in [0.1, 0.15) is 5.82 Å². The molecule has 0 aliphatic rings. The fourth-order valence-corrected chi connectivity index (χ4v) is 2.35. The Morgan fingerprint density at radius 2 is 2.04 bits per heavy atom. The monoisotopic (exact) mass is 313 g/mol. The van der Waals surface area contributed by atoms with Crippen LogP contribution < -0.4 is 5.32 Å². The van der Waals surface area contributed by atoms with Gasteiger partial charge in [-0.25, -0.2) is 9.37 Å². The Balaban J connectivity index is 1.55. The Hall–Kier alpha value is -2.73. The Bertz CT molecular complexity index is 814. The second kappa shape index (κ2) is 6.58. The first kappa shape index (κ1) is 15.2. The molecule has 3 N–H and O–H groups in total. The van der Waals surface area contributed by atoms with Gasteiger partial charge < -0.3 is 15.4 Å². The smallest absolute Gasteiger partial charge is 0.251 e. The Morgan fingerprint density at radius 1 is 1.26 bits per heavy atom. The van der Waals surface area contributed by atoms with E-state index in [9.17, 15) is 14.3 Å². The number of hydrogen-bond donors (Lipinski definition) is 3. The molecule has 118 valence electrons. The van der Waals surface area contributed by atoms with Crippen LogP contribution in [0.2, 0.25) is 0 Å². The number of benzene rings is 2. The lowest BCUT2D eigenvalue weighted by molar-refractivity contribution is 0.0943. The summed E-state index contributed by atoms with van der Waals surface area (Å²) in [6, 6.07) is 10.9. The van der Waals surface area contributed by atoms with Gasteiger partial charge in [-0.05, 0) is 42.3 Å². The van der Waals surface area contributed by atoms with Gasteiger partial charge in [0.25, 0.3) is 5.91 Å². The van der Waals surface area contributed by atoms with Crippen molar-refractivity contribution < 1.29 is 14.3 Å². The zero-order valence-electron chi connectivity index (χ0n) is 12.3. The van der Waals surface area contributed by atoms with Crippen LogP contribution in [0.25, 0.3) is 11.0 Å². The second-order valence-corrected chi connectivity index (χ2v) is 5.25. The van der Waals surface area contributed by atoms with E-state index < -0.39 is 6.10 Å². The number of aromatic nitrogens is 2. The summed E-state index contributed by atoms with van der Waals surface area (Å²) in [5, 5.41) is 12.8. The summed E-state index contributed by atoms with van der Waals surface area (Å²) < 4.78 is 12.8. The van der Waals surface area contributed by atoms with Crippen molar-refractivity contribution in [2.45, 2.75) is 12.5 Å². The molecule has 1 amide bonds. The third kappa shape index (κ3) is 3.54. The lowest BCUT2D eigenvalue weighted by Gasteiger charge is -2.11. The highest BCUT2D eigenvalue weighted by atomic mass is 19.1. The average molecular weight is 313 g/mol. The SMILES string of the molecule is O=C(NCCC(O)c1ccc(F)cc1)c1ccc2nc[nH]c2c1. The van der Waals surface area contributed by atoms with Gasteiger partial charge in [-0.3, -0.25) is 4.79 Å². The number of carbonyl (C=O) groups excluding carboxylic acids is 1. The van der Waals surface area contributed by atoms with E-state index in [4.69, 9.17) is 0 Å². The summed E-state index contributed by atoms with van der Waals surface area (Å²) in [5.41, 5.74) is 2.75. The quantitative estimate of drug-likeness (QED) is 0.677. The van der Waals surface area contributed by atoms with Crippen molar-refractivity contribution in [3.05, 3.63) is 65.7 Å². The molecule has 1 heterocycles. The summed E-state index contributed by atoms with van der Waals surface area (Å²) in [7, 11) is 0. The van der Waals surface area contributed by atoms with Gasteiger partial charge in [-0.1, -0.05) is 12.1 Å². The summed E-state index contributed by atoms with van der Waals surface area (Å²) >= 11 is 0. The molecule has 0 aliphatic carbocycles. The number of fused-ring (bicyclic) bond motifs is 1. The van der Waals surface area contributed by atoms with E-state index in [1.165, 1.54) is 24.3 Å². The van der Waals surface area contributed by atoms with Crippen molar-refractivity contribution in [2.24, 2.45) is 0 Å². The van der Waals surface area contributed by atoms with E-state index >= 15 is 0 Å². The minimum atomic E-state index is -0.744. The van der Waals surface area contributed by atoms with Crippen LogP contribution in [0.4, 0.5) is 4.39 Å². The molecular formula is C17H16FN3O2. The van der Waals surface area contributed by atoms with Crippen molar-refractivity contribution in [1.29, 1.82) is 0 Å². The van der Waals surface area contributed by atoms with Crippen LogP contribution in [0.5, 0.6) is 0 Å². The molecule has 3 rings (SSSR count). The number of aliphatic hydroxyl groups excluding tert-OH is 1. The number of H-pyrrole nitrogens is 1. The Kier molecular flexibility index (Phi) is 4.34. The molecular weight excluding hydrogens is 297 g/mol. The first-order chi connectivity index (χ1) is 11.1. The van der Waals surface area contributed by atoms with Crippen LogP contribution in [-0.2, 0) is 0 Å². The maximum Gasteiger partial charge on any atom is 0.251 e. The number of rotatable bonds is 5. The highest BCUT2D eigenvalue weighted by Crippen LogP contribution is 2.16. The van der Waals surface area contributed by atoms with Gasteiger partial charge in [-0.2, -0.15) is 0 Å². The van der Waals surface area contributed by atoms with E-state index in [0.717, 1.165) is 11.0 Å². The molecule has 23 heavy (non-hydrogen) atoms. The number of nitrogens with zero attached hydrogens (tertiary/aromatic N) is 1. The van der Waals surface area contributed by atoms with Gasteiger partial charge in [0.15, 0.2) is 0 Å². The minimum Gasteiger partial charge on any atom is -0.388 e. The molecule has 0 aliphatic heterocycles. The average Bonchev–Trinajstić information content (AvgIpc) is 3.02. The van der Waals surface area contributed by atoms with Crippen LogP contribution in [0.1, 0.15) is 28.4 Å². The maximum atomic E-state index is 12.8. The van der Waals surface area contributed by atoms with Crippen LogP contribution in [0, 0.1) is 5.82 Å². The van der Waals surface area contributed by atoms with Gasteiger partial charge in [-0.15, -0.1) is 0 Å². The lowest BCUT2D eigenvalue weighted by atomic mass is 10.1. The Labute approximate surface area is 132 Å². The number of aliphatic hydroxyl groups is 1. The number of nitrogens with one attached hydrogen (secondary N) is 2. The maximum absolute atomic E-state index is 12.8. The summed E-state index contributed by atoms with van der Waals surface area (Å²) in [5.74, 6) is -0.559. The number of aromatic amines is 1. The van der Waals surface area contributed by atoms with Crippen LogP contribution in [0.3, 0.4) is 0 Å². The lowest BCUT2D eigenvalue weighted by Crippen LogP contribution is -2.25. The molecule has 2 aromatic carbocycles. The van der Waals surface area contributed by atoms with Crippen LogP contribution in [0.15, 0.2) is 48.8 Å². The van der Waals surface area contributed by atoms with E-state index in [2.05, 4.69) is 15.3 Å². The van der Waals surface area contributed by atoms with E-state index in [-0.39, 0.29) is 11.7 Å². The van der Waals surface area contributed by atoms with Gasteiger partial charge >= 0.3 is 0 Å². The first-order valence-corrected chi connectivity index (χ1v) is 7.28. The van der Waals surface area contributed by atoms with Crippen molar-refractivity contribution in [1.82, 2.24) is 15.3 Å². The number of halogens is 1. The van der Waals surface area contributed by atoms with Crippen molar-refractivity contribution in [3.63, 3.8) is 0 Å². The molecule has 0 fully saturated rings. The second-order valence-electron chi connectivity index (χ2n) is 5.25. The number of carbonyl (C=O) groups is 1. The Morgan fingerprint density at radius 3 is 2.83 bits per heavy atom. The predicted octanol–water partition coefficient (Wildman–Crippen LogP) is 2.56. The van der Waals surface area contributed by atoms with Crippen molar-refractivity contribution >= 4 is 16.9 Å². The predicted molar refractivity (Wildman–Crippen MR) is 84.4 cm³/mol. The molecule has 0 saturated heterocycles. The first-order valence-electron chi connectivity index (χ1n) is 7.28. The number of hydrogen-bond acceptors (Lipinski definition) is 3. The minimum absolute atomic E-state index is 0.215. The number of amides is 1. The molecule has 3 aromatic rings. The molecule has 1 unspecified atom stereocenters. The number of imidazole rings is 1. The van der Waals surface area contributed by atoms with Gasteiger partial charge in [0, 0.05) is 12.1 Å². The fraction of sp³-hybridized carbons (Fsp3) is 0.176. The molecule has 5 nitrogen and oxygen atoms in total. The van der Waals surface area contributed by atoms with Gasteiger partial charge in [0.2, 0.25) is 0 Å². The standard InChI is InChI=1S/C17H16FN3O2/c18-13-4-1-11(2-5-13)16(22)7-8-19-17(23)12-3-6-14-15(9-12)21-10-20-14/h1-6,9-10,16,22H,7-8H2,(H,19,23)(H,20,21). The summed E-state index contributed by atoms with van der Waals surface area (Å²) in [6.45, 7) is 0.318. The highest BCUT2D eigenvalue weighted by molar-refractivity contribution is 5.97. The zero-order valence-corrected chi connectivity index (χ0v) is 12.3. The molecule has 0 spiro atoms. The molecule has 1 aromatic heterocycles. The molecule has 6 heteroatoms. The molecule has 0 bridgehead atoms. The van der Waals surface area contributed by atoms with Crippen LogP contribution in [-0.4, -0.2) is 27.5 Å². The molecule has 0 saturated carbocycles. The molecule has 1 atom stereocenters. The van der Waals surface area contributed by atoms with Crippen molar-refractivity contribution in [2.75, 3.05) is 6.54 Å². The molecule has 0 radical (unpaired) electrons. The largest absolute Gasteiger partial charge is 0.388 e. The fourth-order valence-electron chi connectivity index (χ4n) is 2.35. The van der Waals surface area contributed by atoms with Gasteiger partial charge in [0.05, 0.1) is 23.5 Å². The van der Waals surface area contributed by atoms with Crippen LogP contribution >= 0.6 is 0 Å². The highest BCUT2D eigenvalue weighted by Gasteiger charge is 2.10. The normalized spacial score (nSPS) is 12.3. The third-order valence-corrected chi connectivity index (χ3v) is 3.64. The zero-order chi connectivity index (χ0) is 16.2.